The largest absolute Gasteiger partial charge is 0.465 e. The molecule has 0 aliphatic rings. The zero-order valence-electron chi connectivity index (χ0n) is 28.0. The molecule has 264 valence electrons. The number of nitrogen functional groups attached to an aromatic ring is 1. The second kappa shape index (κ2) is 16.8. The van der Waals surface area contributed by atoms with E-state index in [1.807, 2.05) is 0 Å². The molecule has 0 spiro atoms. The van der Waals surface area contributed by atoms with Gasteiger partial charge in [0.1, 0.15) is 30.3 Å². The third-order valence-corrected chi connectivity index (χ3v) is 8.72. The fourth-order valence-electron chi connectivity index (χ4n) is 4.32. The van der Waals surface area contributed by atoms with Crippen molar-refractivity contribution in [1.82, 2.24) is 19.7 Å². The number of para-hydroxylation sites is 1. The number of anilines is 1. The summed E-state index contributed by atoms with van der Waals surface area (Å²) in [7, 11) is -3.44. The van der Waals surface area contributed by atoms with E-state index >= 15 is 4.39 Å². The molecule has 48 heavy (non-hydrogen) atoms. The standard InChI is InChI=1S/C31H43FN5O10P/c1-8-43-30(40)21(6)36-48(41,47-22-12-10-9-11-13-22)44-17-31(16-32,42-7)26(46-29(39)20(4)5)25(45-28(38)19(2)3)23-14-15-24-27(33)34-18-35-37(23)24/h9-15,18-21,25-26H,8,16-17H2,1-7H3,(H,36,41)(H2,33,34,35)/t21-,25-,26-,31+,48?/m0/s1. The summed E-state index contributed by atoms with van der Waals surface area (Å²) in [6.07, 6.45) is -2.18. The molecule has 15 nitrogen and oxygen atoms in total. The number of aromatic nitrogens is 3. The number of ether oxygens (including phenoxy) is 4. The maximum Gasteiger partial charge on any atom is 0.459 e. The number of benzene rings is 1. The summed E-state index contributed by atoms with van der Waals surface area (Å²) in [5, 5.41) is 6.72. The van der Waals surface area contributed by atoms with Gasteiger partial charge in [-0.1, -0.05) is 45.9 Å². The number of methoxy groups -OCH3 is 1. The molecule has 17 heteroatoms. The Morgan fingerprint density at radius 2 is 1.65 bits per heavy atom. The van der Waals surface area contributed by atoms with Gasteiger partial charge < -0.3 is 29.2 Å². The third-order valence-electron chi connectivity index (χ3n) is 7.10. The molecule has 3 N–H and O–H groups in total. The number of halogens is 1. The van der Waals surface area contributed by atoms with Gasteiger partial charge in [0, 0.05) is 7.11 Å². The first kappa shape index (κ1) is 38.3. The summed E-state index contributed by atoms with van der Waals surface area (Å²) >= 11 is 0. The Bertz CT molecular complexity index is 1580. The maximum absolute atomic E-state index is 15.6. The van der Waals surface area contributed by atoms with Crippen molar-refractivity contribution < 1.29 is 51.3 Å². The van der Waals surface area contributed by atoms with E-state index in [4.69, 9.17) is 33.7 Å². The zero-order chi connectivity index (χ0) is 35.6. The molecule has 0 aliphatic heterocycles. The molecule has 1 unspecified atom stereocenters. The van der Waals surface area contributed by atoms with Crippen molar-refractivity contribution in [3.63, 3.8) is 0 Å². The summed E-state index contributed by atoms with van der Waals surface area (Å²) in [5.41, 5.74) is 4.20. The first-order chi connectivity index (χ1) is 22.7. The number of nitrogens with one attached hydrogen (secondary N) is 1. The van der Waals surface area contributed by atoms with Gasteiger partial charge in [-0.3, -0.25) is 18.9 Å². The first-order valence-corrected chi connectivity index (χ1v) is 16.8. The molecule has 5 atom stereocenters. The quantitative estimate of drug-likeness (QED) is 0.109. The summed E-state index contributed by atoms with van der Waals surface area (Å²) < 4.78 is 65.1. The number of hydrogen-bond acceptors (Lipinski definition) is 13. The molecule has 0 saturated carbocycles. The molecule has 0 fully saturated rings. The minimum Gasteiger partial charge on any atom is -0.465 e. The lowest BCUT2D eigenvalue weighted by molar-refractivity contribution is -0.211. The number of esters is 3. The Balaban J connectivity index is 2.16. The molecule has 3 rings (SSSR count). The highest BCUT2D eigenvalue weighted by molar-refractivity contribution is 7.52. The fourth-order valence-corrected chi connectivity index (χ4v) is 5.87. The maximum atomic E-state index is 15.6. The minimum absolute atomic E-state index is 0.0502. The number of carbonyl (C=O) groups is 3. The lowest BCUT2D eigenvalue weighted by Crippen LogP contribution is -2.56. The summed E-state index contributed by atoms with van der Waals surface area (Å²) in [4.78, 5) is 42.7. The minimum atomic E-state index is -4.56. The number of alkyl halides is 1. The smallest absolute Gasteiger partial charge is 0.459 e. The molecular weight excluding hydrogens is 652 g/mol. The van der Waals surface area contributed by atoms with Gasteiger partial charge in [0.05, 0.1) is 30.7 Å². The number of nitrogens with zero attached hydrogens (tertiary/aromatic N) is 3. The first-order valence-electron chi connectivity index (χ1n) is 15.2. The predicted molar refractivity (Wildman–Crippen MR) is 171 cm³/mol. The van der Waals surface area contributed by atoms with Crippen LogP contribution in [0.25, 0.3) is 5.52 Å². The van der Waals surface area contributed by atoms with Crippen LogP contribution < -0.4 is 15.3 Å². The lowest BCUT2D eigenvalue weighted by Gasteiger charge is -2.40. The molecule has 0 amide bonds. The average molecular weight is 696 g/mol. The number of carbonyl (C=O) groups excluding carboxylic acids is 3. The van der Waals surface area contributed by atoms with Gasteiger partial charge in [0.25, 0.3) is 0 Å². The van der Waals surface area contributed by atoms with E-state index in [1.54, 1.807) is 58.9 Å². The van der Waals surface area contributed by atoms with E-state index in [0.717, 1.165) is 13.4 Å². The van der Waals surface area contributed by atoms with Crippen LogP contribution in [0.5, 0.6) is 5.75 Å². The van der Waals surface area contributed by atoms with Crippen molar-refractivity contribution in [3.05, 3.63) is 54.5 Å². The van der Waals surface area contributed by atoms with Gasteiger partial charge in [-0.15, -0.1) is 0 Å². The Morgan fingerprint density at radius 3 is 2.23 bits per heavy atom. The van der Waals surface area contributed by atoms with Crippen LogP contribution in [-0.2, 0) is 42.4 Å². The van der Waals surface area contributed by atoms with Crippen LogP contribution in [0.1, 0.15) is 53.3 Å². The second-order valence-corrected chi connectivity index (χ2v) is 13.1. The Kier molecular flexibility index (Phi) is 13.4. The highest BCUT2D eigenvalue weighted by Crippen LogP contribution is 2.47. The fraction of sp³-hybridized carbons (Fsp3) is 0.516. The molecule has 0 saturated heterocycles. The lowest BCUT2D eigenvalue weighted by atomic mass is 9.91. The Morgan fingerprint density at radius 1 is 1.00 bits per heavy atom. The van der Waals surface area contributed by atoms with Crippen molar-refractivity contribution in [2.75, 3.05) is 32.7 Å². The zero-order valence-corrected chi connectivity index (χ0v) is 28.8. The van der Waals surface area contributed by atoms with Gasteiger partial charge >= 0.3 is 25.7 Å². The van der Waals surface area contributed by atoms with Crippen molar-refractivity contribution in [2.24, 2.45) is 11.8 Å². The number of hydrogen-bond donors (Lipinski definition) is 2. The van der Waals surface area contributed by atoms with E-state index < -0.39 is 74.6 Å². The number of rotatable bonds is 18. The van der Waals surface area contributed by atoms with Crippen LogP contribution in [0, 0.1) is 11.8 Å². The van der Waals surface area contributed by atoms with Gasteiger partial charge in [-0.2, -0.15) is 10.2 Å². The van der Waals surface area contributed by atoms with E-state index in [-0.39, 0.29) is 23.9 Å². The normalized spacial score (nSPS) is 16.0. The van der Waals surface area contributed by atoms with Crippen LogP contribution in [0.15, 0.2) is 48.8 Å². The number of fused-ring (bicyclic) bond motifs is 1. The molecule has 0 bridgehead atoms. The Hall–Kier alpha value is -4.11. The van der Waals surface area contributed by atoms with E-state index in [0.29, 0.717) is 5.52 Å². The molecule has 2 heterocycles. The summed E-state index contributed by atoms with van der Waals surface area (Å²) in [5.74, 6) is -3.47. The highest BCUT2D eigenvalue weighted by Gasteiger charge is 2.52. The number of nitrogens with two attached hydrogens (primary N) is 1. The molecule has 0 radical (unpaired) electrons. The van der Waals surface area contributed by atoms with Crippen LogP contribution >= 0.6 is 7.75 Å². The molecular formula is C31H43FN5O10P. The average Bonchev–Trinajstić information content (AvgIpc) is 3.49. The van der Waals surface area contributed by atoms with Crippen LogP contribution in [0.2, 0.25) is 0 Å². The third kappa shape index (κ3) is 9.28. The van der Waals surface area contributed by atoms with Crippen LogP contribution in [-0.4, -0.2) is 77.3 Å². The van der Waals surface area contributed by atoms with Crippen molar-refractivity contribution >= 4 is 37.0 Å². The summed E-state index contributed by atoms with van der Waals surface area (Å²) in [6.45, 7) is 6.99. The van der Waals surface area contributed by atoms with E-state index in [9.17, 15) is 18.9 Å². The SMILES string of the molecule is CCOC(=O)[C@H](C)NP(=O)(OC[C@@](CF)(OC)[C@@H](OC(=O)C(C)C)[C@@H](OC(=O)C(C)C)c1ccc2c(N)ncnn12)Oc1ccccc1. The molecule has 3 aromatic rings. The van der Waals surface area contributed by atoms with Crippen LogP contribution in [0.4, 0.5) is 10.2 Å². The molecule has 2 aromatic heterocycles. The van der Waals surface area contributed by atoms with Gasteiger partial charge in [0.2, 0.25) is 0 Å². The van der Waals surface area contributed by atoms with E-state index in [1.165, 1.54) is 29.6 Å². The molecule has 0 aliphatic carbocycles. The van der Waals surface area contributed by atoms with Crippen molar-refractivity contribution in [1.29, 1.82) is 0 Å². The second-order valence-electron chi connectivity index (χ2n) is 11.4. The van der Waals surface area contributed by atoms with Crippen molar-refractivity contribution in [2.45, 2.75) is 65.4 Å². The van der Waals surface area contributed by atoms with Crippen LogP contribution in [0.3, 0.4) is 0 Å². The van der Waals surface area contributed by atoms with Gasteiger partial charge in [-0.05, 0) is 38.1 Å². The predicted octanol–water partition coefficient (Wildman–Crippen LogP) is 4.22. The van der Waals surface area contributed by atoms with Gasteiger partial charge in [0.15, 0.2) is 23.6 Å². The van der Waals surface area contributed by atoms with E-state index in [2.05, 4.69) is 15.2 Å². The Labute approximate surface area is 278 Å². The topological polar surface area (TPSA) is 192 Å². The monoisotopic (exact) mass is 695 g/mol. The van der Waals surface area contributed by atoms with Gasteiger partial charge in [-0.25, -0.2) is 18.5 Å². The van der Waals surface area contributed by atoms with Crippen molar-refractivity contribution in [3.8, 4) is 5.75 Å². The highest BCUT2D eigenvalue weighted by atomic mass is 31.2. The summed E-state index contributed by atoms with van der Waals surface area (Å²) in [6, 6.07) is 9.75. The molecule has 1 aromatic carbocycles.